The molecule has 0 bridgehead atoms. The summed E-state index contributed by atoms with van der Waals surface area (Å²) >= 11 is 1.88. The van der Waals surface area contributed by atoms with Crippen molar-refractivity contribution in [1.82, 2.24) is 4.98 Å². The molecule has 1 atom stereocenters. The molecule has 0 saturated heterocycles. The van der Waals surface area contributed by atoms with Gasteiger partial charge in [0.25, 0.3) is 0 Å². The van der Waals surface area contributed by atoms with Crippen LogP contribution in [0.2, 0.25) is 0 Å². The van der Waals surface area contributed by atoms with Gasteiger partial charge in [0.05, 0.1) is 12.0 Å². The van der Waals surface area contributed by atoms with Crippen molar-refractivity contribution in [1.29, 1.82) is 0 Å². The molecule has 1 unspecified atom stereocenters. The molecule has 1 aromatic carbocycles. The van der Waals surface area contributed by atoms with E-state index in [0.29, 0.717) is 0 Å². The predicted octanol–water partition coefficient (Wildman–Crippen LogP) is 3.66. The van der Waals surface area contributed by atoms with E-state index < -0.39 is 0 Å². The van der Waals surface area contributed by atoms with Crippen LogP contribution in [0.3, 0.4) is 0 Å². The van der Waals surface area contributed by atoms with Gasteiger partial charge in [-0.25, -0.2) is 4.98 Å². The lowest BCUT2D eigenvalue weighted by Crippen LogP contribution is -3.00. The molecular formula is C23H21ClNOS-. The van der Waals surface area contributed by atoms with E-state index in [2.05, 4.69) is 50.2 Å². The fourth-order valence-electron chi connectivity index (χ4n) is 4.17. The van der Waals surface area contributed by atoms with E-state index in [4.69, 9.17) is 9.40 Å². The second kappa shape index (κ2) is 7.14. The van der Waals surface area contributed by atoms with Gasteiger partial charge < -0.3 is 16.8 Å². The standard InChI is InChI=1S/C23H21NOS.ClH/c1-14-10-11-17-19(13-14)26-23-21(17)20(18-9-6-12-25-18)15(2)22(24-23)16-7-4-3-5-8-16;/h3-9,12,14H,10-11,13H2,1-2H3;1H/p-1. The number of fused-ring (bicyclic) bond motifs is 3. The molecule has 5 rings (SSSR count). The van der Waals surface area contributed by atoms with Crippen LogP contribution < -0.4 is 12.4 Å². The van der Waals surface area contributed by atoms with Crippen molar-refractivity contribution in [2.45, 2.75) is 33.1 Å². The zero-order valence-electron chi connectivity index (χ0n) is 15.5. The topological polar surface area (TPSA) is 26.0 Å². The molecule has 0 N–H and O–H groups in total. The molecule has 4 aromatic rings. The van der Waals surface area contributed by atoms with Gasteiger partial charge in [0.1, 0.15) is 10.6 Å². The van der Waals surface area contributed by atoms with E-state index in [1.54, 1.807) is 6.26 Å². The van der Waals surface area contributed by atoms with Crippen molar-refractivity contribution in [2.75, 3.05) is 0 Å². The molecular weight excluding hydrogens is 374 g/mol. The first-order valence-corrected chi connectivity index (χ1v) is 10.1. The third-order valence-electron chi connectivity index (χ3n) is 5.50. The smallest absolute Gasteiger partial charge is 0.134 e. The van der Waals surface area contributed by atoms with Gasteiger partial charge in [0, 0.05) is 21.4 Å². The molecule has 3 heterocycles. The summed E-state index contributed by atoms with van der Waals surface area (Å²) in [5, 5.41) is 1.32. The number of rotatable bonds is 2. The van der Waals surface area contributed by atoms with E-state index in [-0.39, 0.29) is 12.4 Å². The minimum absolute atomic E-state index is 0. The van der Waals surface area contributed by atoms with E-state index in [1.165, 1.54) is 45.4 Å². The molecule has 27 heavy (non-hydrogen) atoms. The maximum Gasteiger partial charge on any atom is 0.134 e. The van der Waals surface area contributed by atoms with Gasteiger partial charge in [-0.3, -0.25) is 0 Å². The van der Waals surface area contributed by atoms with Gasteiger partial charge in [0.2, 0.25) is 0 Å². The van der Waals surface area contributed by atoms with Crippen molar-refractivity contribution in [3.05, 3.63) is 64.7 Å². The minimum atomic E-state index is 0. The highest BCUT2D eigenvalue weighted by molar-refractivity contribution is 7.19. The molecule has 0 saturated carbocycles. The van der Waals surface area contributed by atoms with Crippen LogP contribution in [-0.4, -0.2) is 4.98 Å². The summed E-state index contributed by atoms with van der Waals surface area (Å²) < 4.78 is 5.86. The summed E-state index contributed by atoms with van der Waals surface area (Å²) in [5.74, 6) is 1.71. The summed E-state index contributed by atoms with van der Waals surface area (Å²) in [4.78, 5) is 7.79. The number of benzene rings is 1. The Hall–Kier alpha value is -2.10. The van der Waals surface area contributed by atoms with Crippen molar-refractivity contribution < 1.29 is 16.8 Å². The number of thiophene rings is 1. The lowest BCUT2D eigenvalue weighted by atomic mass is 9.87. The van der Waals surface area contributed by atoms with E-state index in [0.717, 1.165) is 28.6 Å². The maximum absolute atomic E-state index is 5.86. The number of aryl methyl sites for hydroxylation is 1. The Labute approximate surface area is 169 Å². The van der Waals surface area contributed by atoms with Crippen LogP contribution in [0.25, 0.3) is 32.8 Å². The summed E-state index contributed by atoms with van der Waals surface area (Å²) in [6, 6.07) is 14.5. The van der Waals surface area contributed by atoms with Gasteiger partial charge in [0.15, 0.2) is 0 Å². The Bertz CT molecular complexity index is 1080. The molecule has 4 heteroatoms. The highest BCUT2D eigenvalue weighted by Crippen LogP contribution is 2.45. The van der Waals surface area contributed by atoms with Gasteiger partial charge in [-0.2, -0.15) is 0 Å². The molecule has 3 aromatic heterocycles. The fourth-order valence-corrected chi connectivity index (χ4v) is 5.56. The minimum Gasteiger partial charge on any atom is -1.00 e. The first-order valence-electron chi connectivity index (χ1n) is 9.26. The molecule has 0 radical (unpaired) electrons. The van der Waals surface area contributed by atoms with Crippen LogP contribution in [0, 0.1) is 12.8 Å². The van der Waals surface area contributed by atoms with Crippen molar-refractivity contribution in [2.24, 2.45) is 5.92 Å². The van der Waals surface area contributed by atoms with Crippen LogP contribution >= 0.6 is 11.3 Å². The summed E-state index contributed by atoms with van der Waals surface area (Å²) in [6.45, 7) is 4.54. The largest absolute Gasteiger partial charge is 1.00 e. The van der Waals surface area contributed by atoms with Crippen LogP contribution in [0.5, 0.6) is 0 Å². The Balaban J connectivity index is 0.00000180. The second-order valence-corrected chi connectivity index (χ2v) is 8.42. The monoisotopic (exact) mass is 394 g/mol. The second-order valence-electron chi connectivity index (χ2n) is 7.34. The number of hydrogen-bond donors (Lipinski definition) is 0. The number of hydrogen-bond acceptors (Lipinski definition) is 3. The number of pyridine rings is 1. The molecule has 1 aliphatic carbocycles. The Morgan fingerprint density at radius 2 is 1.93 bits per heavy atom. The Morgan fingerprint density at radius 1 is 1.11 bits per heavy atom. The number of nitrogens with zero attached hydrogens (tertiary/aromatic N) is 1. The molecule has 0 spiro atoms. The molecule has 0 aliphatic heterocycles. The van der Waals surface area contributed by atoms with E-state index >= 15 is 0 Å². The number of halogens is 1. The van der Waals surface area contributed by atoms with Gasteiger partial charge >= 0.3 is 0 Å². The molecule has 0 fully saturated rings. The summed E-state index contributed by atoms with van der Waals surface area (Å²) in [6.07, 6.45) is 5.35. The van der Waals surface area contributed by atoms with Gasteiger partial charge in [-0.05, 0) is 55.4 Å². The van der Waals surface area contributed by atoms with Gasteiger partial charge in [-0.15, -0.1) is 11.3 Å². The molecule has 138 valence electrons. The normalized spacial score (nSPS) is 16.1. The van der Waals surface area contributed by atoms with Crippen molar-refractivity contribution >= 4 is 21.6 Å². The maximum atomic E-state index is 5.86. The average molecular weight is 395 g/mol. The zero-order chi connectivity index (χ0) is 17.7. The van der Waals surface area contributed by atoms with E-state index in [1.807, 2.05) is 17.4 Å². The Kier molecular flexibility index (Phi) is 4.83. The third-order valence-corrected chi connectivity index (χ3v) is 6.65. The highest BCUT2D eigenvalue weighted by atomic mass is 35.5. The zero-order valence-corrected chi connectivity index (χ0v) is 17.0. The average Bonchev–Trinajstić information content (AvgIpc) is 3.29. The van der Waals surface area contributed by atoms with Crippen LogP contribution in [-0.2, 0) is 12.8 Å². The van der Waals surface area contributed by atoms with Gasteiger partial charge in [-0.1, -0.05) is 37.3 Å². The van der Waals surface area contributed by atoms with Crippen molar-refractivity contribution in [3.8, 4) is 22.6 Å². The highest BCUT2D eigenvalue weighted by Gasteiger charge is 2.26. The fraction of sp³-hybridized carbons (Fsp3) is 0.261. The summed E-state index contributed by atoms with van der Waals surface area (Å²) in [5.41, 5.74) is 6.17. The van der Waals surface area contributed by atoms with Crippen LogP contribution in [0.1, 0.15) is 29.3 Å². The van der Waals surface area contributed by atoms with Crippen LogP contribution in [0.4, 0.5) is 0 Å². The third kappa shape index (κ3) is 2.99. The molecule has 1 aliphatic rings. The SMILES string of the molecule is Cc1c(-c2ccccc2)nc2sc3c(c2c1-c1ccco1)CCC(C)C3.[Cl-]. The Morgan fingerprint density at radius 3 is 2.67 bits per heavy atom. The quantitative estimate of drug-likeness (QED) is 0.518. The lowest BCUT2D eigenvalue weighted by molar-refractivity contribution is -0.00000565. The first-order chi connectivity index (χ1) is 12.7. The predicted molar refractivity (Wildman–Crippen MR) is 109 cm³/mol. The lowest BCUT2D eigenvalue weighted by Gasteiger charge is -2.19. The van der Waals surface area contributed by atoms with E-state index in [9.17, 15) is 0 Å². The molecule has 0 amide bonds. The van der Waals surface area contributed by atoms with Crippen LogP contribution in [0.15, 0.2) is 53.1 Å². The molecule has 2 nitrogen and oxygen atoms in total. The number of aromatic nitrogens is 1. The number of furan rings is 1. The summed E-state index contributed by atoms with van der Waals surface area (Å²) in [7, 11) is 0. The van der Waals surface area contributed by atoms with Crippen molar-refractivity contribution in [3.63, 3.8) is 0 Å². The first kappa shape index (κ1) is 18.3.